The molecule has 0 aromatic heterocycles. The molecule has 2 unspecified atom stereocenters. The van der Waals surface area contributed by atoms with Gasteiger partial charge in [0.05, 0.1) is 6.04 Å². The first-order chi connectivity index (χ1) is 14.1. The fourth-order valence-corrected chi connectivity index (χ4v) is 5.00. The second-order valence-corrected chi connectivity index (χ2v) is 8.50. The summed E-state index contributed by atoms with van der Waals surface area (Å²) in [5.74, 6) is 0.816. The number of rotatable bonds is 5. The van der Waals surface area contributed by atoms with E-state index in [1.165, 1.54) is 16.7 Å². The fraction of sp³-hybridized carbons (Fsp3) is 0.423. The highest BCUT2D eigenvalue weighted by Gasteiger charge is 2.40. The third-order valence-electron chi connectivity index (χ3n) is 6.67. The second kappa shape index (κ2) is 8.54. The quantitative estimate of drug-likeness (QED) is 0.692. The molecule has 3 heteroatoms. The van der Waals surface area contributed by atoms with Gasteiger partial charge < -0.3 is 4.90 Å². The minimum atomic E-state index is 0.0282. The molecule has 2 saturated heterocycles. The lowest BCUT2D eigenvalue weighted by Gasteiger charge is -2.24. The number of allylic oxidation sites excluding steroid dienone is 6. The molecule has 3 aliphatic rings. The van der Waals surface area contributed by atoms with Crippen molar-refractivity contribution >= 4 is 5.91 Å². The number of carbonyl (C=O) groups is 1. The van der Waals surface area contributed by atoms with Crippen LogP contribution in [0.4, 0.5) is 0 Å². The smallest absolute Gasteiger partial charge is 0.244 e. The van der Waals surface area contributed by atoms with E-state index in [2.05, 4.69) is 73.9 Å². The maximum absolute atomic E-state index is 13.3. The van der Waals surface area contributed by atoms with E-state index >= 15 is 0 Å². The van der Waals surface area contributed by atoms with E-state index < -0.39 is 0 Å². The van der Waals surface area contributed by atoms with Crippen LogP contribution in [0.1, 0.15) is 51.0 Å². The van der Waals surface area contributed by atoms with Crippen molar-refractivity contribution in [3.05, 3.63) is 83.1 Å². The van der Waals surface area contributed by atoms with E-state index in [-0.39, 0.29) is 11.9 Å². The van der Waals surface area contributed by atoms with Crippen LogP contribution in [0.25, 0.3) is 0 Å². The SMILES string of the molecule is C=C(C)C1=C(CC)CC=C(N2CCC(N3CCC(c4ccccc4)C3)C2=O)C=C1. The standard InChI is InChI=1S/C26H32N2O/c1-4-20-10-11-23(12-13-24(20)19(2)3)28-17-15-25(26(28)29)27-16-14-22(18-27)21-8-6-5-7-9-21/h5-9,11-13,22,25H,2,4,10,14-18H2,1,3H3. The van der Waals surface area contributed by atoms with E-state index in [0.29, 0.717) is 5.92 Å². The first kappa shape index (κ1) is 19.9. The third-order valence-corrected chi connectivity index (χ3v) is 6.67. The van der Waals surface area contributed by atoms with Crippen molar-refractivity contribution in [3.8, 4) is 0 Å². The lowest BCUT2D eigenvalue weighted by molar-refractivity contribution is -0.130. The van der Waals surface area contributed by atoms with Gasteiger partial charge in [-0.3, -0.25) is 9.69 Å². The van der Waals surface area contributed by atoms with Gasteiger partial charge in [-0.05, 0) is 62.3 Å². The second-order valence-electron chi connectivity index (χ2n) is 8.50. The Labute approximate surface area is 175 Å². The summed E-state index contributed by atoms with van der Waals surface area (Å²) in [6.45, 7) is 11.2. The van der Waals surface area contributed by atoms with Crippen LogP contribution in [-0.4, -0.2) is 41.4 Å². The number of hydrogen-bond donors (Lipinski definition) is 0. The zero-order valence-electron chi connectivity index (χ0n) is 17.7. The Morgan fingerprint density at radius 2 is 1.93 bits per heavy atom. The molecule has 0 radical (unpaired) electrons. The minimum Gasteiger partial charge on any atom is -0.311 e. The molecule has 1 amide bonds. The van der Waals surface area contributed by atoms with Crippen molar-refractivity contribution in [3.63, 3.8) is 0 Å². The van der Waals surface area contributed by atoms with Crippen LogP contribution in [0.2, 0.25) is 0 Å². The Balaban J connectivity index is 1.44. The van der Waals surface area contributed by atoms with Crippen LogP contribution in [0.15, 0.2) is 77.6 Å². The van der Waals surface area contributed by atoms with Gasteiger partial charge >= 0.3 is 0 Å². The molecule has 4 rings (SSSR count). The third kappa shape index (κ3) is 4.02. The molecule has 3 nitrogen and oxygen atoms in total. The molecular weight excluding hydrogens is 356 g/mol. The molecule has 0 N–H and O–H groups in total. The number of hydrogen-bond acceptors (Lipinski definition) is 2. The van der Waals surface area contributed by atoms with Crippen LogP contribution >= 0.6 is 0 Å². The molecule has 2 heterocycles. The molecule has 0 spiro atoms. The summed E-state index contributed by atoms with van der Waals surface area (Å²) in [4.78, 5) is 17.7. The summed E-state index contributed by atoms with van der Waals surface area (Å²) in [6.07, 6.45) is 10.5. The normalized spacial score (nSPS) is 25.5. The lowest BCUT2D eigenvalue weighted by atomic mass is 9.98. The predicted octanol–water partition coefficient (Wildman–Crippen LogP) is 5.20. The van der Waals surface area contributed by atoms with Gasteiger partial charge in [0.25, 0.3) is 0 Å². The van der Waals surface area contributed by atoms with Crippen molar-refractivity contribution in [2.75, 3.05) is 19.6 Å². The molecule has 2 atom stereocenters. The molecule has 2 aliphatic heterocycles. The molecule has 1 aliphatic carbocycles. The summed E-state index contributed by atoms with van der Waals surface area (Å²) in [6, 6.07) is 10.8. The Morgan fingerprint density at radius 3 is 2.66 bits per heavy atom. The minimum absolute atomic E-state index is 0.0282. The maximum atomic E-state index is 13.3. The average molecular weight is 389 g/mol. The highest BCUT2D eigenvalue weighted by atomic mass is 16.2. The van der Waals surface area contributed by atoms with Crippen molar-refractivity contribution in [2.24, 2.45) is 0 Å². The van der Waals surface area contributed by atoms with E-state index in [4.69, 9.17) is 0 Å². The zero-order chi connectivity index (χ0) is 20.4. The van der Waals surface area contributed by atoms with Crippen LogP contribution < -0.4 is 0 Å². The monoisotopic (exact) mass is 388 g/mol. The topological polar surface area (TPSA) is 23.6 Å². The van der Waals surface area contributed by atoms with E-state index in [1.54, 1.807) is 0 Å². The Morgan fingerprint density at radius 1 is 1.14 bits per heavy atom. The zero-order valence-corrected chi connectivity index (χ0v) is 17.7. The van der Waals surface area contributed by atoms with Gasteiger partial charge in [0.1, 0.15) is 0 Å². The molecule has 1 aromatic rings. The number of carbonyl (C=O) groups excluding carboxylic acids is 1. The van der Waals surface area contributed by atoms with Gasteiger partial charge in [0.2, 0.25) is 5.91 Å². The summed E-state index contributed by atoms with van der Waals surface area (Å²) in [5, 5.41) is 0. The van der Waals surface area contributed by atoms with Crippen LogP contribution in [0, 0.1) is 0 Å². The molecule has 0 saturated carbocycles. The predicted molar refractivity (Wildman–Crippen MR) is 119 cm³/mol. The van der Waals surface area contributed by atoms with Crippen LogP contribution in [0.3, 0.4) is 0 Å². The largest absolute Gasteiger partial charge is 0.311 e. The Bertz CT molecular complexity index is 877. The van der Waals surface area contributed by atoms with Gasteiger partial charge in [0.15, 0.2) is 0 Å². The first-order valence-electron chi connectivity index (χ1n) is 10.9. The fourth-order valence-electron chi connectivity index (χ4n) is 5.00. The van der Waals surface area contributed by atoms with Crippen molar-refractivity contribution in [1.29, 1.82) is 0 Å². The number of amides is 1. The number of benzene rings is 1. The van der Waals surface area contributed by atoms with Gasteiger partial charge in [0, 0.05) is 18.8 Å². The van der Waals surface area contributed by atoms with Crippen molar-refractivity contribution in [2.45, 2.75) is 51.5 Å². The number of likely N-dealkylation sites (tertiary alicyclic amines) is 2. The van der Waals surface area contributed by atoms with Crippen molar-refractivity contribution < 1.29 is 4.79 Å². The molecule has 1 aromatic carbocycles. The number of nitrogens with zero attached hydrogens (tertiary/aromatic N) is 2. The van der Waals surface area contributed by atoms with E-state index in [1.807, 2.05) is 4.90 Å². The highest BCUT2D eigenvalue weighted by Crippen LogP contribution is 2.33. The van der Waals surface area contributed by atoms with Gasteiger partial charge in [-0.1, -0.05) is 67.1 Å². The van der Waals surface area contributed by atoms with E-state index in [9.17, 15) is 4.79 Å². The summed E-state index contributed by atoms with van der Waals surface area (Å²) >= 11 is 0. The maximum Gasteiger partial charge on any atom is 0.244 e. The molecule has 29 heavy (non-hydrogen) atoms. The van der Waals surface area contributed by atoms with Gasteiger partial charge in [-0.15, -0.1) is 0 Å². The highest BCUT2D eigenvalue weighted by molar-refractivity contribution is 5.86. The lowest BCUT2D eigenvalue weighted by Crippen LogP contribution is -2.40. The average Bonchev–Trinajstić information content (AvgIpc) is 3.29. The molecular formula is C26H32N2O. The van der Waals surface area contributed by atoms with E-state index in [0.717, 1.165) is 56.6 Å². The molecule has 152 valence electrons. The summed E-state index contributed by atoms with van der Waals surface area (Å²) in [7, 11) is 0. The van der Waals surface area contributed by atoms with Gasteiger partial charge in [-0.25, -0.2) is 0 Å². The Kier molecular flexibility index (Phi) is 5.86. The summed E-state index contributed by atoms with van der Waals surface area (Å²) in [5.41, 5.74) is 6.20. The molecule has 0 bridgehead atoms. The van der Waals surface area contributed by atoms with Crippen molar-refractivity contribution in [1.82, 2.24) is 9.80 Å². The van der Waals surface area contributed by atoms with Crippen LogP contribution in [-0.2, 0) is 4.79 Å². The van der Waals surface area contributed by atoms with Gasteiger partial charge in [-0.2, -0.15) is 0 Å². The Hall–Kier alpha value is -2.39. The molecule has 2 fully saturated rings. The summed E-state index contributed by atoms with van der Waals surface area (Å²) < 4.78 is 0. The first-order valence-corrected chi connectivity index (χ1v) is 10.9. The van der Waals surface area contributed by atoms with Crippen LogP contribution in [0.5, 0.6) is 0 Å².